The van der Waals surface area contributed by atoms with Gasteiger partial charge in [0.2, 0.25) is 0 Å². The lowest BCUT2D eigenvalue weighted by molar-refractivity contribution is 0.102. The predicted octanol–water partition coefficient (Wildman–Crippen LogP) is 3.90. The number of hydrogen-bond donors (Lipinski definition) is 1. The predicted molar refractivity (Wildman–Crippen MR) is 116 cm³/mol. The molecule has 126 valence electrons. The highest BCUT2D eigenvalue weighted by molar-refractivity contribution is 14.1. The molecular weight excluding hydrogens is 528 g/mol. The highest BCUT2D eigenvalue weighted by Gasteiger charge is 2.14. The lowest BCUT2D eigenvalue weighted by Crippen LogP contribution is -2.44. The van der Waals surface area contributed by atoms with Gasteiger partial charge in [-0.15, -0.1) is 0 Å². The van der Waals surface area contributed by atoms with Gasteiger partial charge in [-0.2, -0.15) is 0 Å². The van der Waals surface area contributed by atoms with Gasteiger partial charge < -0.3 is 15.1 Å². The highest BCUT2D eigenvalue weighted by Crippen LogP contribution is 2.21. The van der Waals surface area contributed by atoms with Crippen molar-refractivity contribution in [2.24, 2.45) is 0 Å². The molecular formula is C18H19I2N3O. The fourth-order valence-corrected chi connectivity index (χ4v) is 3.51. The van der Waals surface area contributed by atoms with Gasteiger partial charge in [-0.05, 0) is 94.7 Å². The zero-order valence-corrected chi connectivity index (χ0v) is 17.7. The van der Waals surface area contributed by atoms with Crippen molar-refractivity contribution < 1.29 is 4.79 Å². The van der Waals surface area contributed by atoms with Crippen LogP contribution in [0.3, 0.4) is 0 Å². The van der Waals surface area contributed by atoms with E-state index in [2.05, 4.69) is 79.5 Å². The Balaban J connectivity index is 1.65. The van der Waals surface area contributed by atoms with E-state index in [-0.39, 0.29) is 5.91 Å². The van der Waals surface area contributed by atoms with Crippen LogP contribution in [0.15, 0.2) is 42.5 Å². The molecule has 4 nitrogen and oxygen atoms in total. The summed E-state index contributed by atoms with van der Waals surface area (Å²) in [5, 5.41) is 2.97. The number of piperazine rings is 1. The molecule has 2 aromatic rings. The van der Waals surface area contributed by atoms with Crippen molar-refractivity contribution in [3.63, 3.8) is 0 Å². The van der Waals surface area contributed by atoms with Crippen LogP contribution in [0.5, 0.6) is 0 Å². The van der Waals surface area contributed by atoms with Crippen LogP contribution in [-0.2, 0) is 0 Å². The van der Waals surface area contributed by atoms with E-state index in [9.17, 15) is 4.79 Å². The van der Waals surface area contributed by atoms with Crippen LogP contribution in [0, 0.1) is 7.14 Å². The number of anilines is 2. The maximum atomic E-state index is 12.4. The second kappa shape index (κ2) is 8.01. The fourth-order valence-electron chi connectivity index (χ4n) is 2.66. The summed E-state index contributed by atoms with van der Waals surface area (Å²) < 4.78 is 2.24. The molecule has 1 aliphatic rings. The summed E-state index contributed by atoms with van der Waals surface area (Å²) in [6.07, 6.45) is 0. The van der Waals surface area contributed by atoms with E-state index < -0.39 is 0 Å². The lowest BCUT2D eigenvalue weighted by atomic mass is 10.2. The third-order valence-corrected chi connectivity index (χ3v) is 7.04. The van der Waals surface area contributed by atoms with Gasteiger partial charge >= 0.3 is 0 Å². The highest BCUT2D eigenvalue weighted by atomic mass is 127. The van der Waals surface area contributed by atoms with Crippen molar-refractivity contribution in [1.29, 1.82) is 0 Å². The van der Waals surface area contributed by atoms with Gasteiger partial charge in [-0.25, -0.2) is 0 Å². The van der Waals surface area contributed by atoms with E-state index in [1.807, 2.05) is 30.3 Å². The van der Waals surface area contributed by atoms with Crippen LogP contribution < -0.4 is 10.2 Å². The third kappa shape index (κ3) is 4.40. The molecule has 0 bridgehead atoms. The first kappa shape index (κ1) is 17.9. The molecule has 0 unspecified atom stereocenters. The summed E-state index contributed by atoms with van der Waals surface area (Å²) in [7, 11) is 2.15. The van der Waals surface area contributed by atoms with Crippen LogP contribution >= 0.6 is 45.2 Å². The van der Waals surface area contributed by atoms with Crippen LogP contribution in [0.2, 0.25) is 0 Å². The van der Waals surface area contributed by atoms with E-state index in [1.165, 1.54) is 5.69 Å². The van der Waals surface area contributed by atoms with Crippen molar-refractivity contribution in [1.82, 2.24) is 4.90 Å². The van der Waals surface area contributed by atoms with Crippen LogP contribution in [0.1, 0.15) is 10.4 Å². The quantitative estimate of drug-likeness (QED) is 0.593. The molecule has 1 aliphatic heterocycles. The van der Waals surface area contributed by atoms with Crippen LogP contribution in [0.4, 0.5) is 11.4 Å². The molecule has 1 amide bonds. The molecule has 2 aromatic carbocycles. The number of hydrogen-bond acceptors (Lipinski definition) is 3. The standard InChI is InChI=1S/C18H19I2N3O/c1-22-8-10-23(11-9-22)15-5-3-14(4-6-15)21-18(24)13-2-7-16(19)17(20)12-13/h2-7,12H,8-11H2,1H3,(H,21,24). The zero-order chi connectivity index (χ0) is 17.1. The summed E-state index contributed by atoms with van der Waals surface area (Å²) in [6.45, 7) is 4.26. The van der Waals surface area contributed by atoms with Crippen molar-refractivity contribution >= 4 is 62.5 Å². The van der Waals surface area contributed by atoms with Crippen molar-refractivity contribution in [2.45, 2.75) is 0 Å². The molecule has 24 heavy (non-hydrogen) atoms. The minimum absolute atomic E-state index is 0.0725. The molecule has 0 aromatic heterocycles. The Morgan fingerprint density at radius 2 is 1.62 bits per heavy atom. The maximum absolute atomic E-state index is 12.4. The molecule has 0 radical (unpaired) electrons. The molecule has 0 spiro atoms. The minimum atomic E-state index is -0.0725. The number of carbonyl (C=O) groups is 1. The molecule has 1 N–H and O–H groups in total. The largest absolute Gasteiger partial charge is 0.369 e. The van der Waals surface area contributed by atoms with Crippen molar-refractivity contribution in [3.8, 4) is 0 Å². The van der Waals surface area contributed by atoms with E-state index in [4.69, 9.17) is 0 Å². The number of nitrogens with one attached hydrogen (secondary N) is 1. The second-order valence-corrected chi connectivity index (χ2v) is 8.24. The van der Waals surface area contributed by atoms with Crippen LogP contribution in [0.25, 0.3) is 0 Å². The second-order valence-electron chi connectivity index (χ2n) is 5.92. The molecule has 3 rings (SSSR count). The van der Waals surface area contributed by atoms with E-state index in [0.717, 1.165) is 39.0 Å². The Morgan fingerprint density at radius 3 is 2.25 bits per heavy atom. The number of likely N-dealkylation sites (N-methyl/N-ethyl adjacent to an activating group) is 1. The van der Waals surface area contributed by atoms with Gasteiger partial charge in [-0.1, -0.05) is 0 Å². The van der Waals surface area contributed by atoms with E-state index in [1.54, 1.807) is 0 Å². The first-order valence-electron chi connectivity index (χ1n) is 7.83. The monoisotopic (exact) mass is 547 g/mol. The fraction of sp³-hybridized carbons (Fsp3) is 0.278. The van der Waals surface area contributed by atoms with Crippen molar-refractivity contribution in [3.05, 3.63) is 55.2 Å². The summed E-state index contributed by atoms with van der Waals surface area (Å²) >= 11 is 4.52. The number of rotatable bonds is 3. The van der Waals surface area contributed by atoms with Crippen molar-refractivity contribution in [2.75, 3.05) is 43.4 Å². The Hall–Kier alpha value is -0.870. The lowest BCUT2D eigenvalue weighted by Gasteiger charge is -2.34. The zero-order valence-electron chi connectivity index (χ0n) is 13.4. The number of benzene rings is 2. The molecule has 6 heteroatoms. The summed E-state index contributed by atoms with van der Waals surface area (Å²) in [4.78, 5) is 17.1. The maximum Gasteiger partial charge on any atom is 0.255 e. The molecule has 1 saturated heterocycles. The number of halogens is 2. The molecule has 1 fully saturated rings. The summed E-state index contributed by atoms with van der Waals surface area (Å²) in [5.74, 6) is -0.0725. The first-order chi connectivity index (χ1) is 11.5. The van der Waals surface area contributed by atoms with Gasteiger partial charge in [0, 0.05) is 50.3 Å². The average Bonchev–Trinajstić information content (AvgIpc) is 2.59. The van der Waals surface area contributed by atoms with Gasteiger partial charge in [0.25, 0.3) is 5.91 Å². The van der Waals surface area contributed by atoms with Gasteiger partial charge in [-0.3, -0.25) is 4.79 Å². The number of amides is 1. The number of nitrogens with zero attached hydrogens (tertiary/aromatic N) is 2. The molecule has 0 saturated carbocycles. The van der Waals surface area contributed by atoms with Crippen LogP contribution in [-0.4, -0.2) is 44.0 Å². The normalized spacial score (nSPS) is 15.4. The third-order valence-electron chi connectivity index (χ3n) is 4.18. The average molecular weight is 547 g/mol. The Labute approximate surface area is 169 Å². The SMILES string of the molecule is CN1CCN(c2ccc(NC(=O)c3ccc(I)c(I)c3)cc2)CC1. The smallest absolute Gasteiger partial charge is 0.255 e. The Morgan fingerprint density at radius 1 is 0.958 bits per heavy atom. The summed E-state index contributed by atoms with van der Waals surface area (Å²) in [5.41, 5.74) is 2.72. The Kier molecular flexibility index (Phi) is 5.98. The van der Waals surface area contributed by atoms with E-state index >= 15 is 0 Å². The molecule has 0 atom stereocenters. The van der Waals surface area contributed by atoms with Gasteiger partial charge in [0.15, 0.2) is 0 Å². The molecule has 0 aliphatic carbocycles. The topological polar surface area (TPSA) is 35.6 Å². The Bertz CT molecular complexity index is 726. The van der Waals surface area contributed by atoms with Gasteiger partial charge in [0.05, 0.1) is 0 Å². The summed E-state index contributed by atoms with van der Waals surface area (Å²) in [6, 6.07) is 13.9. The molecule has 1 heterocycles. The number of carbonyl (C=O) groups excluding carboxylic acids is 1. The minimum Gasteiger partial charge on any atom is -0.369 e. The van der Waals surface area contributed by atoms with E-state index in [0.29, 0.717) is 5.56 Å². The van der Waals surface area contributed by atoms with Gasteiger partial charge in [0.1, 0.15) is 0 Å². The first-order valence-corrected chi connectivity index (χ1v) is 9.98.